The molecule has 0 aromatic heterocycles. The van der Waals surface area contributed by atoms with Crippen LogP contribution in [0.4, 0.5) is 8.78 Å². The third kappa shape index (κ3) is 1.09. The first-order chi connectivity index (χ1) is 4.63. The molecule has 0 aromatic rings. The van der Waals surface area contributed by atoms with Crippen molar-refractivity contribution in [2.45, 2.75) is 19.4 Å². The number of nitrogens with two attached hydrogens (primary N) is 1. The van der Waals surface area contributed by atoms with Gasteiger partial charge in [0.2, 0.25) is 0 Å². The van der Waals surface area contributed by atoms with Crippen LogP contribution in [-0.2, 0) is 0 Å². The standard InChI is InChI=1S/C7H9F2N/c1-4-2-3-5(10)7(9)6(4)8/h2,5H,3,10H2,1H3. The third-order valence-electron chi connectivity index (χ3n) is 1.56. The SMILES string of the molecule is CC1=CCC(N)C(F)=C1F. The Morgan fingerprint density at radius 1 is 1.60 bits per heavy atom. The highest BCUT2D eigenvalue weighted by molar-refractivity contribution is 5.32. The van der Waals surface area contributed by atoms with Crippen LogP contribution in [0.3, 0.4) is 0 Å². The highest BCUT2D eigenvalue weighted by Crippen LogP contribution is 2.25. The number of allylic oxidation sites excluding steroid dienone is 2. The maximum atomic E-state index is 12.6. The lowest BCUT2D eigenvalue weighted by Crippen LogP contribution is -2.23. The van der Waals surface area contributed by atoms with E-state index < -0.39 is 17.7 Å². The zero-order valence-corrected chi connectivity index (χ0v) is 5.70. The van der Waals surface area contributed by atoms with Crippen LogP contribution in [0.25, 0.3) is 0 Å². The highest BCUT2D eigenvalue weighted by atomic mass is 19.2. The van der Waals surface area contributed by atoms with Crippen molar-refractivity contribution in [1.82, 2.24) is 0 Å². The Morgan fingerprint density at radius 2 is 2.20 bits per heavy atom. The second kappa shape index (κ2) is 2.50. The molecule has 0 fully saturated rings. The highest BCUT2D eigenvalue weighted by Gasteiger charge is 2.19. The number of hydrogen-bond acceptors (Lipinski definition) is 1. The third-order valence-corrected chi connectivity index (χ3v) is 1.56. The smallest absolute Gasteiger partial charge is 0.158 e. The minimum absolute atomic E-state index is 0.346. The Balaban J connectivity index is 2.94. The lowest BCUT2D eigenvalue weighted by atomic mass is 10.0. The van der Waals surface area contributed by atoms with Gasteiger partial charge in [-0.25, -0.2) is 8.78 Å². The largest absolute Gasteiger partial charge is 0.322 e. The van der Waals surface area contributed by atoms with Crippen molar-refractivity contribution in [2.75, 3.05) is 0 Å². The molecule has 1 nitrogen and oxygen atoms in total. The molecule has 10 heavy (non-hydrogen) atoms. The van der Waals surface area contributed by atoms with Crippen molar-refractivity contribution in [3.05, 3.63) is 23.3 Å². The average Bonchev–Trinajstić information content (AvgIpc) is 1.93. The summed E-state index contributed by atoms with van der Waals surface area (Å²) in [6.45, 7) is 1.53. The summed E-state index contributed by atoms with van der Waals surface area (Å²) < 4.78 is 25.1. The number of hydrogen-bond donors (Lipinski definition) is 1. The fourth-order valence-electron chi connectivity index (χ4n) is 0.848. The summed E-state index contributed by atoms with van der Waals surface area (Å²) in [5, 5.41) is 0. The van der Waals surface area contributed by atoms with E-state index in [2.05, 4.69) is 0 Å². The lowest BCUT2D eigenvalue weighted by molar-refractivity contribution is 0.474. The van der Waals surface area contributed by atoms with E-state index in [1.165, 1.54) is 6.92 Å². The van der Waals surface area contributed by atoms with E-state index in [4.69, 9.17) is 5.73 Å². The van der Waals surface area contributed by atoms with Crippen LogP contribution < -0.4 is 5.73 Å². The molecule has 1 aliphatic rings. The van der Waals surface area contributed by atoms with Gasteiger partial charge in [0.05, 0.1) is 6.04 Å². The maximum absolute atomic E-state index is 12.6. The van der Waals surface area contributed by atoms with Gasteiger partial charge in [-0.2, -0.15) is 0 Å². The summed E-state index contributed by atoms with van der Waals surface area (Å²) in [6, 6.07) is -0.774. The van der Waals surface area contributed by atoms with Gasteiger partial charge in [0.15, 0.2) is 11.7 Å². The molecule has 0 spiro atoms. The number of halogens is 2. The maximum Gasteiger partial charge on any atom is 0.158 e. The Kier molecular flexibility index (Phi) is 1.85. The van der Waals surface area contributed by atoms with E-state index >= 15 is 0 Å². The Bertz CT molecular complexity index is 206. The van der Waals surface area contributed by atoms with Gasteiger partial charge in [-0.05, 0) is 18.9 Å². The lowest BCUT2D eigenvalue weighted by Gasteiger charge is -2.13. The Labute approximate surface area is 58.2 Å². The summed E-state index contributed by atoms with van der Waals surface area (Å²) in [7, 11) is 0. The molecule has 0 amide bonds. The zero-order chi connectivity index (χ0) is 7.72. The Hall–Kier alpha value is -0.700. The average molecular weight is 145 g/mol. The van der Waals surface area contributed by atoms with Gasteiger partial charge in [0.1, 0.15) is 0 Å². The molecule has 0 aliphatic heterocycles. The van der Waals surface area contributed by atoms with Gasteiger partial charge in [0, 0.05) is 0 Å². The van der Waals surface area contributed by atoms with E-state index in [0.717, 1.165) is 0 Å². The molecule has 1 rings (SSSR count). The van der Waals surface area contributed by atoms with Gasteiger partial charge in [-0.3, -0.25) is 0 Å². The van der Waals surface area contributed by atoms with E-state index in [-0.39, 0.29) is 0 Å². The summed E-state index contributed by atoms with van der Waals surface area (Å²) >= 11 is 0. The van der Waals surface area contributed by atoms with Crippen LogP contribution in [0.15, 0.2) is 23.3 Å². The molecule has 0 aromatic carbocycles. The van der Waals surface area contributed by atoms with E-state index in [9.17, 15) is 8.78 Å². The minimum atomic E-state index is -0.819. The molecule has 1 atom stereocenters. The molecular formula is C7H9F2N. The summed E-state index contributed by atoms with van der Waals surface area (Å²) in [5.41, 5.74) is 5.56. The molecule has 1 unspecified atom stereocenters. The van der Waals surface area contributed by atoms with Crippen molar-refractivity contribution >= 4 is 0 Å². The van der Waals surface area contributed by atoms with Crippen LogP contribution in [0.2, 0.25) is 0 Å². The molecule has 0 saturated heterocycles. The zero-order valence-electron chi connectivity index (χ0n) is 5.70. The van der Waals surface area contributed by atoms with Crippen LogP contribution in [0.1, 0.15) is 13.3 Å². The predicted octanol–water partition coefficient (Wildman–Crippen LogP) is 1.81. The molecule has 1 aliphatic carbocycles. The molecule has 2 N–H and O–H groups in total. The minimum Gasteiger partial charge on any atom is -0.322 e. The first-order valence-corrected chi connectivity index (χ1v) is 3.11. The predicted molar refractivity (Wildman–Crippen MR) is 35.6 cm³/mol. The first kappa shape index (κ1) is 7.41. The molecule has 0 saturated carbocycles. The summed E-state index contributed by atoms with van der Waals surface area (Å²) in [5.74, 6) is -1.61. The van der Waals surface area contributed by atoms with Crippen LogP contribution >= 0.6 is 0 Å². The monoisotopic (exact) mass is 145 g/mol. The van der Waals surface area contributed by atoms with Gasteiger partial charge >= 0.3 is 0 Å². The quantitative estimate of drug-likeness (QED) is 0.552. The van der Waals surface area contributed by atoms with Crippen molar-refractivity contribution in [3.8, 4) is 0 Å². The molecule has 0 bridgehead atoms. The van der Waals surface area contributed by atoms with Crippen molar-refractivity contribution < 1.29 is 8.78 Å². The summed E-state index contributed by atoms with van der Waals surface area (Å²) in [6.07, 6.45) is 1.99. The van der Waals surface area contributed by atoms with E-state index in [1.54, 1.807) is 6.08 Å². The number of rotatable bonds is 0. The van der Waals surface area contributed by atoms with Crippen LogP contribution in [0.5, 0.6) is 0 Å². The molecule has 3 heteroatoms. The van der Waals surface area contributed by atoms with Crippen LogP contribution in [0, 0.1) is 0 Å². The second-order valence-electron chi connectivity index (χ2n) is 2.39. The van der Waals surface area contributed by atoms with E-state index in [1.807, 2.05) is 0 Å². The molecule has 0 heterocycles. The van der Waals surface area contributed by atoms with Crippen molar-refractivity contribution in [3.63, 3.8) is 0 Å². The fraction of sp³-hybridized carbons (Fsp3) is 0.429. The summed E-state index contributed by atoms with van der Waals surface area (Å²) in [4.78, 5) is 0. The second-order valence-corrected chi connectivity index (χ2v) is 2.39. The molecular weight excluding hydrogens is 136 g/mol. The van der Waals surface area contributed by atoms with E-state index in [0.29, 0.717) is 12.0 Å². The first-order valence-electron chi connectivity index (χ1n) is 3.11. The Morgan fingerprint density at radius 3 is 2.70 bits per heavy atom. The topological polar surface area (TPSA) is 26.0 Å². The van der Waals surface area contributed by atoms with Gasteiger partial charge < -0.3 is 5.73 Å². The van der Waals surface area contributed by atoms with Crippen molar-refractivity contribution in [2.24, 2.45) is 5.73 Å². The fourth-order valence-corrected chi connectivity index (χ4v) is 0.848. The molecule has 0 radical (unpaired) electrons. The van der Waals surface area contributed by atoms with Gasteiger partial charge in [-0.15, -0.1) is 0 Å². The van der Waals surface area contributed by atoms with Gasteiger partial charge in [-0.1, -0.05) is 6.08 Å². The normalized spacial score (nSPS) is 26.8. The van der Waals surface area contributed by atoms with Crippen LogP contribution in [-0.4, -0.2) is 6.04 Å². The molecule has 56 valence electrons. The van der Waals surface area contributed by atoms with Gasteiger partial charge in [0.25, 0.3) is 0 Å². The van der Waals surface area contributed by atoms with Crippen molar-refractivity contribution in [1.29, 1.82) is 0 Å².